The number of fused-ring (bicyclic) bond motifs is 5. The molecule has 8 unspecified atom stereocenters. The van der Waals surface area contributed by atoms with Crippen molar-refractivity contribution >= 4 is 16.0 Å². The molecule has 4 saturated carbocycles. The molecule has 0 aromatic carbocycles. The van der Waals surface area contributed by atoms with Gasteiger partial charge in [0.05, 0.1) is 5.75 Å². The van der Waals surface area contributed by atoms with Crippen LogP contribution in [0.4, 0.5) is 0 Å². The van der Waals surface area contributed by atoms with Crippen LogP contribution in [0.15, 0.2) is 0 Å². The third-order valence-corrected chi connectivity index (χ3v) is 14.2. The summed E-state index contributed by atoms with van der Waals surface area (Å²) in [5.74, 6) is 3.90. The van der Waals surface area contributed by atoms with Gasteiger partial charge in [0, 0.05) is 19.0 Å². The van der Waals surface area contributed by atoms with E-state index in [4.69, 9.17) is 10.3 Å². The Labute approximate surface area is 300 Å². The molecule has 4 rings (SSSR count). The standard InChI is InChI=1S/C37H71N5O4S.CH5N/c1-36-19-17-34-32(33(36)15-13-29(36)10-4-3-5-11-35(43)42-26-27-47(44,45)46)14-12-30-28-31(16-18-37(30,34)2)41-25-9-24-40-22-7-6-21-39-23-8-20-38;1-2/h29-34,39-41H,3-28,38H2,1-2H3,(H,42,43)(H,44,45,46);2H2,1H3. The van der Waals surface area contributed by atoms with Gasteiger partial charge in [-0.3, -0.25) is 9.35 Å². The Morgan fingerprint density at radius 3 is 2.14 bits per heavy atom. The van der Waals surface area contributed by atoms with Gasteiger partial charge >= 0.3 is 0 Å². The molecule has 288 valence electrons. The maximum atomic E-state index is 12.0. The summed E-state index contributed by atoms with van der Waals surface area (Å²) >= 11 is 0. The third kappa shape index (κ3) is 13.0. The minimum Gasteiger partial charge on any atom is -0.355 e. The Morgan fingerprint density at radius 1 is 0.755 bits per heavy atom. The number of rotatable bonds is 22. The number of carbonyl (C=O) groups excluding carboxylic acids is 1. The van der Waals surface area contributed by atoms with Crippen molar-refractivity contribution in [3.8, 4) is 0 Å². The van der Waals surface area contributed by atoms with Gasteiger partial charge in [0.2, 0.25) is 5.91 Å². The number of nitrogens with one attached hydrogen (secondary N) is 4. The number of carbonyl (C=O) groups is 1. The fraction of sp³-hybridized carbons (Fsp3) is 0.974. The molecule has 9 N–H and O–H groups in total. The van der Waals surface area contributed by atoms with Crippen LogP contribution in [0.25, 0.3) is 0 Å². The van der Waals surface area contributed by atoms with Crippen LogP contribution in [0.1, 0.15) is 129 Å². The molecule has 0 radical (unpaired) electrons. The van der Waals surface area contributed by atoms with Gasteiger partial charge in [0.1, 0.15) is 0 Å². The molecule has 1 amide bonds. The van der Waals surface area contributed by atoms with Crippen molar-refractivity contribution in [2.24, 2.45) is 51.9 Å². The molecule has 0 saturated heterocycles. The van der Waals surface area contributed by atoms with E-state index in [1.807, 2.05) is 0 Å². The summed E-state index contributed by atoms with van der Waals surface area (Å²) in [7, 11) is -2.53. The van der Waals surface area contributed by atoms with Crippen LogP contribution < -0.4 is 32.7 Å². The normalized spacial score (nSPS) is 32.4. The summed E-state index contributed by atoms with van der Waals surface area (Å²) < 4.78 is 30.5. The highest BCUT2D eigenvalue weighted by molar-refractivity contribution is 7.85. The average Bonchev–Trinajstić information content (AvgIpc) is 3.41. The largest absolute Gasteiger partial charge is 0.355 e. The average molecular weight is 713 g/mol. The van der Waals surface area contributed by atoms with Gasteiger partial charge in [-0.25, -0.2) is 0 Å². The van der Waals surface area contributed by atoms with Crippen molar-refractivity contribution in [3.63, 3.8) is 0 Å². The lowest BCUT2D eigenvalue weighted by Crippen LogP contribution is -2.55. The van der Waals surface area contributed by atoms with Gasteiger partial charge in [0.25, 0.3) is 10.1 Å². The minimum absolute atomic E-state index is 0.0210. The second-order valence-electron chi connectivity index (χ2n) is 16.3. The molecular formula is C38H76N6O4S. The summed E-state index contributed by atoms with van der Waals surface area (Å²) in [6.45, 7) is 11.6. The molecule has 4 aliphatic rings. The van der Waals surface area contributed by atoms with Crippen molar-refractivity contribution in [1.29, 1.82) is 0 Å². The van der Waals surface area contributed by atoms with Crippen LogP contribution in [0.2, 0.25) is 0 Å². The first kappa shape index (κ1) is 42.6. The van der Waals surface area contributed by atoms with Crippen molar-refractivity contribution in [2.45, 2.75) is 135 Å². The van der Waals surface area contributed by atoms with Crippen LogP contribution >= 0.6 is 0 Å². The Bertz CT molecular complexity index is 1050. The van der Waals surface area contributed by atoms with E-state index in [9.17, 15) is 13.2 Å². The van der Waals surface area contributed by atoms with Gasteiger partial charge in [-0.2, -0.15) is 8.42 Å². The van der Waals surface area contributed by atoms with Crippen molar-refractivity contribution in [3.05, 3.63) is 0 Å². The molecule has 10 nitrogen and oxygen atoms in total. The first-order valence-corrected chi connectivity index (χ1v) is 21.8. The lowest BCUT2D eigenvalue weighted by molar-refractivity contribution is -0.121. The van der Waals surface area contributed by atoms with E-state index in [-0.39, 0.29) is 12.5 Å². The Hall–Kier alpha value is -0.820. The number of hydrogen-bond donors (Lipinski definition) is 7. The lowest BCUT2D eigenvalue weighted by Gasteiger charge is -2.61. The fourth-order valence-corrected chi connectivity index (χ4v) is 11.1. The zero-order chi connectivity index (χ0) is 35.8. The molecule has 8 atom stereocenters. The van der Waals surface area contributed by atoms with Crippen LogP contribution in [0.3, 0.4) is 0 Å². The smallest absolute Gasteiger partial charge is 0.266 e. The Balaban J connectivity index is 0.00000319. The SMILES string of the molecule is CC12CCC3C(CCC4CC(NCCCNCCCCNCCCN)CCC43C)C1CCC2CCCCCC(=O)NCCS(=O)(=O)O.CN. The molecule has 0 spiro atoms. The van der Waals surface area contributed by atoms with Gasteiger partial charge < -0.3 is 32.7 Å². The van der Waals surface area contributed by atoms with E-state index in [1.165, 1.54) is 96.9 Å². The van der Waals surface area contributed by atoms with Gasteiger partial charge in [-0.1, -0.05) is 26.7 Å². The van der Waals surface area contributed by atoms with Crippen molar-refractivity contribution < 1.29 is 17.8 Å². The molecule has 49 heavy (non-hydrogen) atoms. The Kier molecular flexibility index (Phi) is 18.8. The van der Waals surface area contributed by atoms with E-state index in [2.05, 4.69) is 40.8 Å². The number of amides is 1. The zero-order valence-corrected chi connectivity index (χ0v) is 32.4. The highest BCUT2D eigenvalue weighted by Gasteiger charge is 2.59. The molecule has 4 fully saturated rings. The predicted molar refractivity (Wildman–Crippen MR) is 203 cm³/mol. The first-order valence-electron chi connectivity index (χ1n) is 20.2. The fourth-order valence-electron chi connectivity index (χ4n) is 10.8. The number of hydrogen-bond acceptors (Lipinski definition) is 8. The number of unbranched alkanes of at least 4 members (excludes halogenated alkanes) is 3. The Morgan fingerprint density at radius 2 is 1.43 bits per heavy atom. The molecule has 11 heteroatoms. The minimum atomic E-state index is -4.03. The molecular weight excluding hydrogens is 637 g/mol. The molecule has 0 heterocycles. The van der Waals surface area contributed by atoms with E-state index in [1.54, 1.807) is 0 Å². The second kappa shape index (κ2) is 21.6. The van der Waals surface area contributed by atoms with Crippen LogP contribution in [-0.4, -0.2) is 83.5 Å². The summed E-state index contributed by atoms with van der Waals surface area (Å²) in [5.41, 5.74) is 11.1. The van der Waals surface area contributed by atoms with Crippen LogP contribution in [0.5, 0.6) is 0 Å². The van der Waals surface area contributed by atoms with Gasteiger partial charge in [-0.05, 0) is 183 Å². The van der Waals surface area contributed by atoms with E-state index in [0.29, 0.717) is 23.3 Å². The van der Waals surface area contributed by atoms with Gasteiger partial charge in [0.15, 0.2) is 0 Å². The maximum absolute atomic E-state index is 12.0. The van der Waals surface area contributed by atoms with Crippen LogP contribution in [0, 0.1) is 40.4 Å². The van der Waals surface area contributed by atoms with Crippen molar-refractivity contribution in [1.82, 2.24) is 21.3 Å². The maximum Gasteiger partial charge on any atom is 0.266 e. The van der Waals surface area contributed by atoms with Crippen LogP contribution in [-0.2, 0) is 14.9 Å². The molecule has 4 aliphatic carbocycles. The van der Waals surface area contributed by atoms with Crippen molar-refractivity contribution in [2.75, 3.05) is 58.6 Å². The van der Waals surface area contributed by atoms with E-state index < -0.39 is 15.9 Å². The molecule has 0 aliphatic heterocycles. The molecule has 0 bridgehead atoms. The summed E-state index contributed by atoms with van der Waals surface area (Å²) in [6, 6.07) is 0.705. The summed E-state index contributed by atoms with van der Waals surface area (Å²) in [4.78, 5) is 12.0. The second-order valence-corrected chi connectivity index (χ2v) is 17.9. The highest BCUT2D eigenvalue weighted by atomic mass is 32.2. The first-order chi connectivity index (χ1) is 23.6. The predicted octanol–water partition coefficient (Wildman–Crippen LogP) is 4.83. The molecule has 0 aromatic heterocycles. The topological polar surface area (TPSA) is 172 Å². The summed E-state index contributed by atoms with van der Waals surface area (Å²) in [6.07, 6.45) is 22.2. The van der Waals surface area contributed by atoms with Gasteiger partial charge in [-0.15, -0.1) is 0 Å². The van der Waals surface area contributed by atoms with E-state index in [0.717, 1.165) is 88.1 Å². The molecule has 0 aromatic rings. The monoisotopic (exact) mass is 713 g/mol. The lowest BCUT2D eigenvalue weighted by atomic mass is 9.44. The third-order valence-electron chi connectivity index (χ3n) is 13.5. The summed E-state index contributed by atoms with van der Waals surface area (Å²) in [5, 5.41) is 13.7. The number of nitrogens with two attached hydrogens (primary N) is 2. The zero-order valence-electron chi connectivity index (χ0n) is 31.6. The quantitative estimate of drug-likeness (QED) is 0.0614. The van der Waals surface area contributed by atoms with E-state index >= 15 is 0 Å². The highest BCUT2D eigenvalue weighted by Crippen LogP contribution is 2.67.